The Balaban J connectivity index is -0.0000000417. The molecule has 0 rings (SSSR count). The molecule has 52 valence electrons. The molecule has 0 saturated carbocycles. The zero-order valence-corrected chi connectivity index (χ0v) is 7.34. The van der Waals surface area contributed by atoms with E-state index in [9.17, 15) is 9.90 Å². The molecule has 6 heteroatoms. The summed E-state index contributed by atoms with van der Waals surface area (Å²) in [7, 11) is 0. The summed E-state index contributed by atoms with van der Waals surface area (Å²) < 4.78 is 0. The molecule has 0 saturated heterocycles. The number of carboxylic acid groups (broad SMARTS) is 1. The van der Waals surface area contributed by atoms with Crippen molar-refractivity contribution < 1.29 is 55.5 Å². The van der Waals surface area contributed by atoms with Crippen LogP contribution in [-0.4, -0.2) is 28.1 Å². The van der Waals surface area contributed by atoms with Crippen LogP contribution in [0.2, 0.25) is 0 Å². The summed E-state index contributed by atoms with van der Waals surface area (Å²) in [5.74, 6) is -1.44. The minimum Gasteiger partial charge on any atom is -0.547 e. The summed E-state index contributed by atoms with van der Waals surface area (Å²) in [6.45, 7) is 1.13. The standard InChI is InChI=1S/C3H6O3.Na.2H2O/c1-2(4)3(5)6;;;/h2,4H,1H3,(H,5,6);;2*1H2/q;+1;;/p-1. The Morgan fingerprint density at radius 3 is 1.67 bits per heavy atom. The first-order valence-electron chi connectivity index (χ1n) is 1.53. The van der Waals surface area contributed by atoms with E-state index >= 15 is 0 Å². The average Bonchev–Trinajstić information content (AvgIpc) is 1.36. The van der Waals surface area contributed by atoms with Crippen LogP contribution in [0.25, 0.3) is 0 Å². The van der Waals surface area contributed by atoms with Gasteiger partial charge < -0.3 is 26.0 Å². The fraction of sp³-hybridized carbons (Fsp3) is 0.667. The first-order chi connectivity index (χ1) is 2.64. The number of aliphatic carboxylic acids is 1. The molecular formula is C3H9NaO5. The number of aliphatic hydroxyl groups is 1. The fourth-order valence-corrected chi connectivity index (χ4v) is 0. The summed E-state index contributed by atoms with van der Waals surface area (Å²) in [5, 5.41) is 17.3. The number of carbonyl (C=O) groups is 1. The predicted octanol–water partition coefficient (Wildman–Crippen LogP) is -6.53. The van der Waals surface area contributed by atoms with Gasteiger partial charge in [-0.2, -0.15) is 0 Å². The van der Waals surface area contributed by atoms with E-state index in [0.717, 1.165) is 6.92 Å². The van der Waals surface area contributed by atoms with Gasteiger partial charge in [0.25, 0.3) is 0 Å². The smallest absolute Gasteiger partial charge is 0.547 e. The molecule has 0 radical (unpaired) electrons. The number of carboxylic acids is 1. The van der Waals surface area contributed by atoms with E-state index in [1.165, 1.54) is 0 Å². The van der Waals surface area contributed by atoms with Crippen molar-refractivity contribution >= 4 is 5.97 Å². The topological polar surface area (TPSA) is 123 Å². The van der Waals surface area contributed by atoms with E-state index in [2.05, 4.69) is 0 Å². The summed E-state index contributed by atoms with van der Waals surface area (Å²) in [6.07, 6.45) is -1.34. The van der Waals surface area contributed by atoms with Gasteiger partial charge in [0.15, 0.2) is 0 Å². The molecule has 1 atom stereocenters. The van der Waals surface area contributed by atoms with Gasteiger partial charge in [-0.05, 0) is 6.92 Å². The van der Waals surface area contributed by atoms with Crippen LogP contribution in [0.4, 0.5) is 0 Å². The quantitative estimate of drug-likeness (QED) is 0.371. The van der Waals surface area contributed by atoms with Gasteiger partial charge in [-0.1, -0.05) is 0 Å². The molecule has 0 aliphatic heterocycles. The second-order valence-corrected chi connectivity index (χ2v) is 0.995. The summed E-state index contributed by atoms with van der Waals surface area (Å²) >= 11 is 0. The zero-order valence-electron chi connectivity index (χ0n) is 5.34. The zero-order chi connectivity index (χ0) is 5.15. The van der Waals surface area contributed by atoms with Crippen LogP contribution < -0.4 is 34.7 Å². The molecule has 5 N–H and O–H groups in total. The number of hydrogen-bond acceptors (Lipinski definition) is 3. The maximum atomic E-state index is 9.34. The van der Waals surface area contributed by atoms with Gasteiger partial charge in [-0.15, -0.1) is 0 Å². The minimum atomic E-state index is -1.44. The summed E-state index contributed by atoms with van der Waals surface area (Å²) in [5.41, 5.74) is 0. The van der Waals surface area contributed by atoms with Gasteiger partial charge >= 0.3 is 29.6 Å². The first kappa shape index (κ1) is 22.8. The number of carbonyl (C=O) groups excluding carboxylic acids is 1. The molecule has 0 bridgehead atoms. The second-order valence-electron chi connectivity index (χ2n) is 0.995. The predicted molar refractivity (Wildman–Crippen MR) is 23.9 cm³/mol. The molecule has 0 aromatic carbocycles. The van der Waals surface area contributed by atoms with E-state index in [1.54, 1.807) is 0 Å². The molecule has 0 aromatic rings. The van der Waals surface area contributed by atoms with Crippen molar-refractivity contribution in [3.05, 3.63) is 0 Å². The summed E-state index contributed by atoms with van der Waals surface area (Å²) in [4.78, 5) is 9.34. The maximum absolute atomic E-state index is 9.34. The van der Waals surface area contributed by atoms with Crippen molar-refractivity contribution in [2.75, 3.05) is 0 Å². The first-order valence-corrected chi connectivity index (χ1v) is 1.53. The van der Waals surface area contributed by atoms with E-state index in [4.69, 9.17) is 5.11 Å². The Labute approximate surface area is 74.6 Å². The van der Waals surface area contributed by atoms with Crippen LogP contribution in [0.15, 0.2) is 0 Å². The van der Waals surface area contributed by atoms with Gasteiger partial charge in [-0.25, -0.2) is 0 Å². The minimum absolute atomic E-state index is 0. The Kier molecular flexibility index (Phi) is 28.3. The molecule has 0 aliphatic rings. The Bertz CT molecular complexity index is 63.2. The van der Waals surface area contributed by atoms with Crippen LogP contribution >= 0.6 is 0 Å². The normalized spacial score (nSPS) is 9.11. The van der Waals surface area contributed by atoms with Crippen LogP contribution in [0, 0.1) is 0 Å². The molecule has 0 spiro atoms. The SMILES string of the molecule is CC(O)C(=O)[O-].O.O.[Na+]. The molecule has 0 heterocycles. The van der Waals surface area contributed by atoms with E-state index < -0.39 is 12.1 Å². The molecule has 0 aromatic heterocycles. The maximum Gasteiger partial charge on any atom is 1.00 e. The number of aliphatic hydroxyl groups excluding tert-OH is 1. The van der Waals surface area contributed by atoms with Gasteiger partial charge in [0.1, 0.15) is 0 Å². The van der Waals surface area contributed by atoms with Gasteiger partial charge in [-0.3, -0.25) is 0 Å². The molecule has 1 unspecified atom stereocenters. The largest absolute Gasteiger partial charge is 1.00 e. The molecule has 0 aliphatic carbocycles. The molecule has 9 heavy (non-hydrogen) atoms. The average molecular weight is 148 g/mol. The van der Waals surface area contributed by atoms with Gasteiger partial charge in [0.05, 0.1) is 12.1 Å². The third-order valence-corrected chi connectivity index (χ3v) is 0.341. The van der Waals surface area contributed by atoms with E-state index in [-0.39, 0.29) is 40.5 Å². The van der Waals surface area contributed by atoms with Crippen molar-refractivity contribution in [2.45, 2.75) is 13.0 Å². The van der Waals surface area contributed by atoms with Crippen LogP contribution in [0.1, 0.15) is 6.92 Å². The van der Waals surface area contributed by atoms with Gasteiger partial charge in [0.2, 0.25) is 0 Å². The number of rotatable bonds is 1. The van der Waals surface area contributed by atoms with Crippen molar-refractivity contribution in [3.8, 4) is 0 Å². The van der Waals surface area contributed by atoms with Crippen molar-refractivity contribution in [3.63, 3.8) is 0 Å². The third-order valence-electron chi connectivity index (χ3n) is 0.341. The van der Waals surface area contributed by atoms with Crippen LogP contribution in [0.3, 0.4) is 0 Å². The van der Waals surface area contributed by atoms with Crippen molar-refractivity contribution in [1.82, 2.24) is 0 Å². The molecule has 0 amide bonds. The molecule has 0 fully saturated rings. The monoisotopic (exact) mass is 148 g/mol. The van der Waals surface area contributed by atoms with Gasteiger partial charge in [0, 0.05) is 0 Å². The molecule has 5 nitrogen and oxygen atoms in total. The Hall–Kier alpha value is 0.350. The number of hydrogen-bond donors (Lipinski definition) is 1. The third kappa shape index (κ3) is 17.8. The second kappa shape index (κ2) is 11.2. The van der Waals surface area contributed by atoms with Crippen LogP contribution in [-0.2, 0) is 4.79 Å². The fourth-order valence-electron chi connectivity index (χ4n) is 0. The Morgan fingerprint density at radius 2 is 1.67 bits per heavy atom. The van der Waals surface area contributed by atoms with Crippen LogP contribution in [0.5, 0.6) is 0 Å². The summed E-state index contributed by atoms with van der Waals surface area (Å²) in [6, 6.07) is 0. The molecular weight excluding hydrogens is 139 g/mol. The van der Waals surface area contributed by atoms with E-state index in [1.807, 2.05) is 0 Å². The van der Waals surface area contributed by atoms with Crippen molar-refractivity contribution in [2.24, 2.45) is 0 Å². The van der Waals surface area contributed by atoms with E-state index in [0.29, 0.717) is 0 Å². The van der Waals surface area contributed by atoms with Crippen molar-refractivity contribution in [1.29, 1.82) is 0 Å². The Morgan fingerprint density at radius 1 is 1.56 bits per heavy atom.